The molecule has 7 heteroatoms. The molecule has 0 heterocycles. The Labute approximate surface area is 216 Å². The first-order valence-electron chi connectivity index (χ1n) is 14.3. The first-order valence-corrected chi connectivity index (χ1v) is 16.9. The van der Waals surface area contributed by atoms with Crippen LogP contribution in [0.1, 0.15) is 143 Å². The molecule has 0 bridgehead atoms. The van der Waals surface area contributed by atoms with Crippen LogP contribution in [0.4, 0.5) is 0 Å². The van der Waals surface area contributed by atoms with E-state index in [9.17, 15) is 4.57 Å². The van der Waals surface area contributed by atoms with Crippen LogP contribution in [0.3, 0.4) is 0 Å². The molecule has 0 aromatic rings. The van der Waals surface area contributed by atoms with Gasteiger partial charge in [-0.15, -0.1) is 0 Å². The third kappa shape index (κ3) is 25.5. The van der Waals surface area contributed by atoms with Gasteiger partial charge in [-0.2, -0.15) is 11.8 Å². The molecule has 0 aromatic carbocycles. The van der Waals surface area contributed by atoms with Crippen molar-refractivity contribution in [2.24, 2.45) is 0 Å². The number of ether oxygens (including phenoxy) is 1. The zero-order valence-corrected chi connectivity index (χ0v) is 24.4. The molecule has 2 atom stereocenters. The lowest BCUT2D eigenvalue weighted by atomic mass is 10.1. The Morgan fingerprint density at radius 1 is 0.676 bits per heavy atom. The summed E-state index contributed by atoms with van der Waals surface area (Å²) in [4.78, 5) is 17.6. The zero-order valence-electron chi connectivity index (χ0n) is 22.7. The number of thioether (sulfide) groups is 1. The monoisotopic (exact) mass is 524 g/mol. The second-order valence-electron chi connectivity index (χ2n) is 9.75. The van der Waals surface area contributed by atoms with Gasteiger partial charge in [0.1, 0.15) is 0 Å². The van der Waals surface area contributed by atoms with E-state index in [1.165, 1.54) is 121 Å². The third-order valence-corrected chi connectivity index (χ3v) is 8.46. The summed E-state index contributed by atoms with van der Waals surface area (Å²) in [6.45, 7) is 7.20. The van der Waals surface area contributed by atoms with Crippen molar-refractivity contribution in [2.75, 3.05) is 19.0 Å². The van der Waals surface area contributed by atoms with Crippen LogP contribution in [0.5, 0.6) is 0 Å². The average Bonchev–Trinajstić information content (AvgIpc) is 2.79. The van der Waals surface area contributed by atoms with Crippen LogP contribution in [0.15, 0.2) is 0 Å². The minimum atomic E-state index is -4.37. The van der Waals surface area contributed by atoms with Gasteiger partial charge in [-0.1, -0.05) is 117 Å². The largest absolute Gasteiger partial charge is 0.469 e. The molecule has 0 aliphatic heterocycles. The number of phosphoric ester groups is 1. The Bertz CT molecular complexity index is 460. The van der Waals surface area contributed by atoms with E-state index in [4.69, 9.17) is 14.5 Å². The van der Waals surface area contributed by atoms with Gasteiger partial charge in [-0.25, -0.2) is 4.57 Å². The van der Waals surface area contributed by atoms with Gasteiger partial charge in [0.25, 0.3) is 0 Å². The number of hydrogen-bond acceptors (Lipinski definition) is 4. The second kappa shape index (κ2) is 25.1. The molecule has 34 heavy (non-hydrogen) atoms. The summed E-state index contributed by atoms with van der Waals surface area (Å²) in [6.07, 6.45) is 24.8. The van der Waals surface area contributed by atoms with Gasteiger partial charge in [0.15, 0.2) is 0 Å². The van der Waals surface area contributed by atoms with Crippen LogP contribution in [0, 0.1) is 0 Å². The molecule has 0 saturated carbocycles. The van der Waals surface area contributed by atoms with E-state index in [0.717, 1.165) is 0 Å². The maximum absolute atomic E-state index is 10.8. The number of rotatable bonds is 27. The summed E-state index contributed by atoms with van der Waals surface area (Å²) in [5.41, 5.74) is 0. The Morgan fingerprint density at radius 2 is 1.15 bits per heavy atom. The topological polar surface area (TPSA) is 76.0 Å². The molecule has 206 valence electrons. The molecule has 0 aromatic heterocycles. The fourth-order valence-electron chi connectivity index (χ4n) is 4.20. The average molecular weight is 525 g/mol. The van der Waals surface area contributed by atoms with Crippen molar-refractivity contribution in [3.05, 3.63) is 0 Å². The molecule has 0 radical (unpaired) electrons. The number of phosphoric acid groups is 1. The highest BCUT2D eigenvalue weighted by Crippen LogP contribution is 2.35. The van der Waals surface area contributed by atoms with Gasteiger partial charge in [0, 0.05) is 11.9 Å². The van der Waals surface area contributed by atoms with Crippen LogP contribution in [0.25, 0.3) is 0 Å². The van der Waals surface area contributed by atoms with E-state index in [1.54, 1.807) is 0 Å². The first kappa shape index (κ1) is 34.4. The fraction of sp³-hybridized carbons (Fsp3) is 1.00. The smallest absolute Gasteiger partial charge is 0.377 e. The lowest BCUT2D eigenvalue weighted by Gasteiger charge is -2.24. The van der Waals surface area contributed by atoms with Crippen molar-refractivity contribution in [1.29, 1.82) is 0 Å². The zero-order chi connectivity index (χ0) is 25.3. The van der Waals surface area contributed by atoms with Crippen molar-refractivity contribution in [1.82, 2.24) is 0 Å². The first-order chi connectivity index (χ1) is 16.4. The maximum Gasteiger partial charge on any atom is 0.469 e. The summed E-state index contributed by atoms with van der Waals surface area (Å²) in [7, 11) is -4.37. The molecule has 0 fully saturated rings. The summed E-state index contributed by atoms with van der Waals surface area (Å²) in [5.74, 6) is 1.20. The van der Waals surface area contributed by atoms with Gasteiger partial charge in [-0.05, 0) is 31.9 Å². The number of unbranched alkanes of at least 4 members (excludes halogenated alkanes) is 15. The van der Waals surface area contributed by atoms with Crippen LogP contribution in [-0.4, -0.2) is 40.1 Å². The van der Waals surface area contributed by atoms with Crippen LogP contribution in [-0.2, 0) is 13.8 Å². The minimum absolute atomic E-state index is 0.0329. The SMILES string of the molecule is CCCCCCCCCCCCSC(CCCCCCCCC)C(C)OCCCOP(=O)(O)O. The maximum atomic E-state index is 10.8. The lowest BCUT2D eigenvalue weighted by Crippen LogP contribution is -2.24. The summed E-state index contributed by atoms with van der Waals surface area (Å²) >= 11 is 2.07. The molecular weight excluding hydrogens is 467 g/mol. The molecule has 0 rings (SSSR count). The number of hydrogen-bond donors (Lipinski definition) is 2. The molecule has 2 unspecified atom stereocenters. The Hall–Kier alpha value is 0.420. The quantitative estimate of drug-likeness (QED) is 0.0824. The van der Waals surface area contributed by atoms with E-state index >= 15 is 0 Å². The van der Waals surface area contributed by atoms with Gasteiger partial charge >= 0.3 is 7.82 Å². The van der Waals surface area contributed by atoms with Crippen LogP contribution in [0.2, 0.25) is 0 Å². The Kier molecular flexibility index (Phi) is 25.4. The van der Waals surface area contributed by atoms with Gasteiger partial charge in [0.05, 0.1) is 12.7 Å². The predicted molar refractivity (Wildman–Crippen MR) is 149 cm³/mol. The van der Waals surface area contributed by atoms with Crippen molar-refractivity contribution in [2.45, 2.75) is 154 Å². The highest BCUT2D eigenvalue weighted by Gasteiger charge is 2.18. The fourth-order valence-corrected chi connectivity index (χ4v) is 5.92. The predicted octanol–water partition coefficient (Wildman–Crippen LogP) is 9.05. The molecule has 0 saturated heterocycles. The molecule has 0 amide bonds. The van der Waals surface area contributed by atoms with E-state index in [-0.39, 0.29) is 12.7 Å². The third-order valence-electron chi connectivity index (χ3n) is 6.37. The molecule has 0 aliphatic carbocycles. The van der Waals surface area contributed by atoms with Gasteiger partial charge in [-0.3, -0.25) is 4.52 Å². The molecule has 5 nitrogen and oxygen atoms in total. The highest BCUT2D eigenvalue weighted by atomic mass is 32.2. The van der Waals surface area contributed by atoms with E-state index < -0.39 is 7.82 Å². The van der Waals surface area contributed by atoms with Gasteiger partial charge in [0.2, 0.25) is 0 Å². The summed E-state index contributed by atoms with van der Waals surface area (Å²) < 4.78 is 21.3. The lowest BCUT2D eigenvalue weighted by molar-refractivity contribution is 0.0521. The molecule has 0 aliphatic rings. The van der Waals surface area contributed by atoms with Crippen molar-refractivity contribution in [3.8, 4) is 0 Å². The Morgan fingerprint density at radius 3 is 1.65 bits per heavy atom. The molecular formula is C27H57O5PS. The Balaban J connectivity index is 4.06. The highest BCUT2D eigenvalue weighted by molar-refractivity contribution is 7.99. The van der Waals surface area contributed by atoms with Crippen molar-refractivity contribution < 1.29 is 23.6 Å². The van der Waals surface area contributed by atoms with Crippen molar-refractivity contribution in [3.63, 3.8) is 0 Å². The molecule has 2 N–H and O–H groups in total. The minimum Gasteiger partial charge on any atom is -0.377 e. The van der Waals surface area contributed by atoms with Gasteiger partial charge < -0.3 is 14.5 Å². The van der Waals surface area contributed by atoms with E-state index in [2.05, 4.69) is 37.1 Å². The van der Waals surface area contributed by atoms with Crippen molar-refractivity contribution >= 4 is 19.6 Å². The van der Waals surface area contributed by atoms with E-state index in [0.29, 0.717) is 18.3 Å². The summed E-state index contributed by atoms with van der Waals surface area (Å²) in [5, 5.41) is 0.497. The normalized spacial score (nSPS) is 13.9. The second-order valence-corrected chi connectivity index (χ2v) is 12.3. The van der Waals surface area contributed by atoms with Crippen LogP contribution < -0.4 is 0 Å². The van der Waals surface area contributed by atoms with Crippen LogP contribution >= 0.6 is 19.6 Å². The molecule has 0 spiro atoms. The van der Waals surface area contributed by atoms with E-state index in [1.807, 2.05) is 0 Å². The summed E-state index contributed by atoms with van der Waals surface area (Å²) in [6, 6.07) is 0. The standard InChI is InChI=1S/C27H57O5PS/c1-4-6-8-10-12-13-14-16-18-20-25-34-27(22-19-17-15-11-9-7-5-2)26(3)31-23-21-24-32-33(28,29)30/h26-27H,4-25H2,1-3H3,(H2,28,29,30).